The first-order chi connectivity index (χ1) is 13.7. The Bertz CT molecular complexity index is 792. The maximum Gasteiger partial charge on any atom is 0.0648 e. The van der Waals surface area contributed by atoms with E-state index in [4.69, 9.17) is 4.74 Å². The maximum atomic E-state index is 5.96. The molecule has 2 fully saturated rings. The molecule has 2 saturated heterocycles. The Hall–Kier alpha value is -1.76. The van der Waals surface area contributed by atoms with Crippen molar-refractivity contribution in [2.45, 2.75) is 31.8 Å². The van der Waals surface area contributed by atoms with Gasteiger partial charge >= 0.3 is 0 Å². The normalized spacial score (nSPS) is 23.4. The predicted octanol–water partition coefficient (Wildman–Crippen LogP) is 3.97. The van der Waals surface area contributed by atoms with Gasteiger partial charge in [0.15, 0.2) is 0 Å². The highest BCUT2D eigenvalue weighted by Crippen LogP contribution is 2.29. The molecule has 1 aromatic carbocycles. The molecule has 0 radical (unpaired) electrons. The minimum absolute atomic E-state index is 0.479. The molecule has 2 atom stereocenters. The van der Waals surface area contributed by atoms with Crippen molar-refractivity contribution >= 4 is 11.8 Å². The van der Waals surface area contributed by atoms with E-state index in [1.54, 1.807) is 0 Å². The van der Waals surface area contributed by atoms with Crippen molar-refractivity contribution in [2.24, 2.45) is 5.92 Å². The first kappa shape index (κ1) is 19.6. The minimum Gasteiger partial charge on any atom is -0.378 e. The molecule has 2 aliphatic rings. The van der Waals surface area contributed by atoms with Crippen molar-refractivity contribution in [2.75, 3.05) is 33.0 Å². The molecule has 28 heavy (non-hydrogen) atoms. The van der Waals surface area contributed by atoms with Crippen molar-refractivity contribution in [3.63, 3.8) is 0 Å². The second-order valence-corrected chi connectivity index (χ2v) is 8.62. The summed E-state index contributed by atoms with van der Waals surface area (Å²) < 4.78 is 7.87. The molecule has 2 aliphatic heterocycles. The van der Waals surface area contributed by atoms with Crippen molar-refractivity contribution < 1.29 is 4.74 Å². The number of piperidine rings is 1. The summed E-state index contributed by atoms with van der Waals surface area (Å²) in [6.07, 6.45) is 13.3. The van der Waals surface area contributed by atoms with E-state index in [-0.39, 0.29) is 0 Å². The van der Waals surface area contributed by atoms with E-state index in [1.165, 1.54) is 23.3 Å². The summed E-state index contributed by atoms with van der Waals surface area (Å²) in [6.45, 7) is 3.13. The molecule has 2 unspecified atom stereocenters. The summed E-state index contributed by atoms with van der Waals surface area (Å²) in [5.41, 5.74) is 2.41. The molecular weight excluding hydrogens is 368 g/mol. The molecule has 6 heteroatoms. The number of ether oxygens (including phenoxy) is 1. The lowest BCUT2D eigenvalue weighted by atomic mass is 9.89. The minimum atomic E-state index is 0.479. The Labute approximate surface area is 172 Å². The van der Waals surface area contributed by atoms with Gasteiger partial charge in [-0.1, -0.05) is 12.1 Å². The monoisotopic (exact) mass is 398 g/mol. The third-order valence-electron chi connectivity index (χ3n) is 5.79. The lowest BCUT2D eigenvalue weighted by Crippen LogP contribution is -2.50. The van der Waals surface area contributed by atoms with Gasteiger partial charge in [-0.3, -0.25) is 0 Å². The second kappa shape index (κ2) is 9.16. The summed E-state index contributed by atoms with van der Waals surface area (Å²) in [5.74, 6) is 0.682. The Morgan fingerprint density at radius 2 is 2.29 bits per heavy atom. The average Bonchev–Trinajstić information content (AvgIpc) is 3.28. The lowest BCUT2D eigenvalue weighted by molar-refractivity contribution is -0.103. The standard InChI is InChI=1S/C22H30N4OS/c1-24(25-12-9-22-19(16-25)7-4-13-27-22)17-21(28-2)15-18-6-3-8-20(14-18)26-11-5-10-23-26/h3,5-6,8,10-11,14,17,19,22H,4,7,9,12-13,15-16H2,1-2H3/b21-17-. The Kier molecular flexibility index (Phi) is 6.40. The molecule has 0 spiro atoms. The van der Waals surface area contributed by atoms with Crippen LogP contribution in [0.4, 0.5) is 0 Å². The molecule has 1 aromatic heterocycles. The molecule has 3 heterocycles. The fourth-order valence-electron chi connectivity index (χ4n) is 4.25. The zero-order chi connectivity index (χ0) is 19.3. The Morgan fingerprint density at radius 3 is 3.11 bits per heavy atom. The average molecular weight is 399 g/mol. The van der Waals surface area contributed by atoms with Crippen LogP contribution in [0.3, 0.4) is 0 Å². The van der Waals surface area contributed by atoms with E-state index in [1.807, 2.05) is 34.9 Å². The zero-order valence-corrected chi connectivity index (χ0v) is 17.6. The zero-order valence-electron chi connectivity index (χ0n) is 16.8. The van der Waals surface area contributed by atoms with Gasteiger partial charge in [0.1, 0.15) is 0 Å². The van der Waals surface area contributed by atoms with Gasteiger partial charge in [0.25, 0.3) is 0 Å². The molecule has 0 bridgehead atoms. The fourth-order valence-corrected chi connectivity index (χ4v) is 4.82. The van der Waals surface area contributed by atoms with Crippen LogP contribution in [-0.4, -0.2) is 58.9 Å². The molecule has 0 amide bonds. The quantitative estimate of drug-likeness (QED) is 0.735. The highest BCUT2D eigenvalue weighted by molar-refractivity contribution is 8.02. The molecule has 5 nitrogen and oxygen atoms in total. The van der Waals surface area contributed by atoms with Gasteiger partial charge in [0, 0.05) is 56.7 Å². The van der Waals surface area contributed by atoms with Crippen LogP contribution in [0.1, 0.15) is 24.8 Å². The number of nitrogens with zero attached hydrogens (tertiary/aromatic N) is 4. The first-order valence-corrected chi connectivity index (χ1v) is 11.4. The number of allylic oxidation sites excluding steroid dienone is 1. The van der Waals surface area contributed by atoms with Gasteiger partial charge in [-0.15, -0.1) is 11.8 Å². The van der Waals surface area contributed by atoms with E-state index in [9.17, 15) is 0 Å². The van der Waals surface area contributed by atoms with Crippen LogP contribution in [0.15, 0.2) is 53.8 Å². The second-order valence-electron chi connectivity index (χ2n) is 7.68. The molecule has 0 aliphatic carbocycles. The van der Waals surface area contributed by atoms with Crippen LogP contribution >= 0.6 is 11.8 Å². The van der Waals surface area contributed by atoms with E-state index in [2.05, 4.69) is 58.9 Å². The number of rotatable bonds is 6. The molecule has 2 aromatic rings. The number of thioether (sulfide) groups is 1. The van der Waals surface area contributed by atoms with Crippen molar-refractivity contribution in [3.05, 3.63) is 59.4 Å². The van der Waals surface area contributed by atoms with Gasteiger partial charge < -0.3 is 9.75 Å². The van der Waals surface area contributed by atoms with Gasteiger partial charge in [-0.05, 0) is 55.2 Å². The number of fused-ring (bicyclic) bond motifs is 1. The van der Waals surface area contributed by atoms with Gasteiger partial charge in [0.2, 0.25) is 0 Å². The summed E-state index contributed by atoms with van der Waals surface area (Å²) in [4.78, 5) is 1.36. The lowest BCUT2D eigenvalue weighted by Gasteiger charge is -2.44. The van der Waals surface area contributed by atoms with Crippen LogP contribution < -0.4 is 0 Å². The van der Waals surface area contributed by atoms with Crippen molar-refractivity contribution in [1.29, 1.82) is 0 Å². The van der Waals surface area contributed by atoms with Gasteiger partial charge in [-0.25, -0.2) is 9.69 Å². The topological polar surface area (TPSA) is 33.5 Å². The molecule has 0 N–H and O–H groups in total. The Morgan fingerprint density at radius 1 is 1.36 bits per heavy atom. The summed E-state index contributed by atoms with van der Waals surface area (Å²) in [7, 11) is 2.18. The smallest absolute Gasteiger partial charge is 0.0648 e. The maximum absolute atomic E-state index is 5.96. The summed E-state index contributed by atoms with van der Waals surface area (Å²) in [6, 6.07) is 10.6. The number of hydrogen-bond donors (Lipinski definition) is 0. The van der Waals surface area contributed by atoms with Crippen LogP contribution in [0.25, 0.3) is 5.69 Å². The predicted molar refractivity (Wildman–Crippen MR) is 115 cm³/mol. The van der Waals surface area contributed by atoms with E-state index < -0.39 is 0 Å². The number of benzene rings is 1. The van der Waals surface area contributed by atoms with Crippen molar-refractivity contribution in [3.8, 4) is 5.69 Å². The molecular formula is C22H30N4OS. The fraction of sp³-hybridized carbons (Fsp3) is 0.500. The molecule has 150 valence electrons. The Balaban J connectivity index is 1.42. The third-order valence-corrected chi connectivity index (χ3v) is 6.57. The highest BCUT2D eigenvalue weighted by atomic mass is 32.2. The molecule has 0 saturated carbocycles. The highest BCUT2D eigenvalue weighted by Gasteiger charge is 2.33. The van der Waals surface area contributed by atoms with Crippen LogP contribution in [-0.2, 0) is 11.2 Å². The molecule has 4 rings (SSSR count). The SMILES string of the molecule is CS/C(=C\N(C)N1CCC2OCCCC2C1)Cc1cccc(-n2cccn2)c1. The van der Waals surface area contributed by atoms with E-state index in [0.29, 0.717) is 12.0 Å². The number of hydrazine groups is 1. The van der Waals surface area contributed by atoms with E-state index >= 15 is 0 Å². The summed E-state index contributed by atoms with van der Waals surface area (Å²) in [5, 5.41) is 9.12. The first-order valence-electron chi connectivity index (χ1n) is 10.2. The van der Waals surface area contributed by atoms with Crippen molar-refractivity contribution in [1.82, 2.24) is 19.8 Å². The van der Waals surface area contributed by atoms with Gasteiger partial charge in [0.05, 0.1) is 11.8 Å². The van der Waals surface area contributed by atoms with Crippen LogP contribution in [0.2, 0.25) is 0 Å². The van der Waals surface area contributed by atoms with Gasteiger partial charge in [-0.2, -0.15) is 5.10 Å². The largest absolute Gasteiger partial charge is 0.378 e. The number of hydrogen-bond acceptors (Lipinski definition) is 5. The number of aromatic nitrogens is 2. The van der Waals surface area contributed by atoms with E-state index in [0.717, 1.165) is 38.2 Å². The van der Waals surface area contributed by atoms with Crippen LogP contribution in [0.5, 0.6) is 0 Å². The third kappa shape index (κ3) is 4.62. The summed E-state index contributed by atoms with van der Waals surface area (Å²) >= 11 is 1.83. The van der Waals surface area contributed by atoms with Crippen LogP contribution in [0, 0.1) is 5.92 Å².